The molecule has 0 spiro atoms. The lowest BCUT2D eigenvalue weighted by Crippen LogP contribution is -2.48. The molecule has 0 unspecified atom stereocenters. The predicted molar refractivity (Wildman–Crippen MR) is 225 cm³/mol. The van der Waals surface area contributed by atoms with E-state index in [2.05, 4.69) is 211 Å². The average Bonchev–Trinajstić information content (AvgIpc) is 3.55. The summed E-state index contributed by atoms with van der Waals surface area (Å²) in [4.78, 5) is 2.47. The van der Waals surface area contributed by atoms with E-state index >= 15 is 0 Å². The zero-order valence-corrected chi connectivity index (χ0v) is 29.2. The van der Waals surface area contributed by atoms with Gasteiger partial charge in [-0.1, -0.05) is 192 Å². The number of rotatable bonds is 4. The zero-order valence-electron chi connectivity index (χ0n) is 29.2. The molecule has 2 aliphatic heterocycles. The quantitative estimate of drug-likeness (QED) is 0.168. The van der Waals surface area contributed by atoms with Crippen molar-refractivity contribution in [1.29, 1.82) is 0 Å². The van der Waals surface area contributed by atoms with Crippen molar-refractivity contribution in [3.8, 4) is 11.1 Å². The SMILES string of the molecule is c1ccc(C2(c3ccccc3)c3ccccc3N(c3ccc4cc(B5c6ccccc6-c6cc7ccccc7cc65)ccc4c3)c3ccccc32)cc1. The van der Waals surface area contributed by atoms with E-state index in [1.807, 2.05) is 0 Å². The van der Waals surface area contributed by atoms with E-state index in [0.29, 0.717) is 0 Å². The van der Waals surface area contributed by atoms with Crippen molar-refractivity contribution in [2.24, 2.45) is 0 Å². The number of hydrogen-bond acceptors (Lipinski definition) is 1. The highest BCUT2D eigenvalue weighted by Gasteiger charge is 2.46. The summed E-state index contributed by atoms with van der Waals surface area (Å²) in [6.45, 7) is 0.194. The average molecular weight is 672 g/mol. The van der Waals surface area contributed by atoms with Gasteiger partial charge in [0.05, 0.1) is 16.8 Å². The lowest BCUT2D eigenvalue weighted by molar-refractivity contribution is 0.731. The first-order valence-electron chi connectivity index (χ1n) is 18.5. The molecule has 9 aromatic carbocycles. The standard InChI is InChI=1S/C51H34BN/c1-3-17-39(18-4-1)51(40-19-5-2-6-20-40)45-22-10-13-25-49(45)53(50-26-14-11-23-46(50)51)42-30-28-37-31-41(29-27-38(37)32-42)52-47-24-12-9-21-43(47)44-33-35-15-7-8-16-36(35)34-48(44)52/h1-34H. The van der Waals surface area contributed by atoms with Crippen molar-refractivity contribution in [3.05, 3.63) is 229 Å². The Morgan fingerprint density at radius 3 is 1.58 bits per heavy atom. The van der Waals surface area contributed by atoms with Crippen molar-refractivity contribution in [1.82, 2.24) is 0 Å². The highest BCUT2D eigenvalue weighted by molar-refractivity contribution is 6.99. The number of para-hydroxylation sites is 2. The van der Waals surface area contributed by atoms with Gasteiger partial charge in [0.2, 0.25) is 6.71 Å². The molecular formula is C51H34BN. The van der Waals surface area contributed by atoms with Crippen LogP contribution in [-0.4, -0.2) is 6.71 Å². The van der Waals surface area contributed by atoms with Crippen LogP contribution in [0.4, 0.5) is 17.1 Å². The largest absolute Gasteiger partial charge is 0.310 e. The second kappa shape index (κ2) is 11.7. The van der Waals surface area contributed by atoms with Gasteiger partial charge in [-0.25, -0.2) is 0 Å². The minimum Gasteiger partial charge on any atom is -0.310 e. The maximum atomic E-state index is 2.47. The Bertz CT molecular complexity index is 2770. The number of fused-ring (bicyclic) bond motifs is 7. The minimum absolute atomic E-state index is 0.194. The fraction of sp³-hybridized carbons (Fsp3) is 0.0196. The highest BCUT2D eigenvalue weighted by Crippen LogP contribution is 2.57. The van der Waals surface area contributed by atoms with Crippen LogP contribution in [0.1, 0.15) is 22.3 Å². The van der Waals surface area contributed by atoms with Crippen LogP contribution in [-0.2, 0) is 5.41 Å². The Kier molecular flexibility index (Phi) is 6.63. The van der Waals surface area contributed by atoms with Crippen LogP contribution in [0.5, 0.6) is 0 Å². The topological polar surface area (TPSA) is 3.24 Å². The molecule has 246 valence electrons. The lowest BCUT2D eigenvalue weighted by atomic mass is 9.39. The first-order chi connectivity index (χ1) is 26.3. The number of hydrogen-bond donors (Lipinski definition) is 0. The van der Waals surface area contributed by atoms with Crippen molar-refractivity contribution in [2.45, 2.75) is 5.41 Å². The van der Waals surface area contributed by atoms with Gasteiger partial charge in [0, 0.05) is 5.69 Å². The number of benzene rings is 9. The maximum Gasteiger partial charge on any atom is 0.242 e. The highest BCUT2D eigenvalue weighted by atomic mass is 15.2. The first kappa shape index (κ1) is 30.0. The molecule has 0 saturated heterocycles. The lowest BCUT2D eigenvalue weighted by Gasteiger charge is -2.46. The number of anilines is 3. The Labute approximate surface area is 310 Å². The molecule has 1 nitrogen and oxygen atoms in total. The minimum atomic E-state index is -0.475. The fourth-order valence-corrected chi connectivity index (χ4v) is 9.51. The van der Waals surface area contributed by atoms with Gasteiger partial charge in [0.15, 0.2) is 0 Å². The van der Waals surface area contributed by atoms with Crippen molar-refractivity contribution in [3.63, 3.8) is 0 Å². The first-order valence-corrected chi connectivity index (χ1v) is 18.5. The van der Waals surface area contributed by atoms with E-state index in [1.54, 1.807) is 0 Å². The van der Waals surface area contributed by atoms with Crippen LogP contribution in [0.15, 0.2) is 206 Å². The molecular weight excluding hydrogens is 637 g/mol. The van der Waals surface area contributed by atoms with Crippen molar-refractivity contribution in [2.75, 3.05) is 4.90 Å². The molecule has 0 aromatic heterocycles. The third-order valence-electron chi connectivity index (χ3n) is 11.7. The Morgan fingerprint density at radius 2 is 0.887 bits per heavy atom. The monoisotopic (exact) mass is 671 g/mol. The molecule has 0 saturated carbocycles. The third-order valence-corrected chi connectivity index (χ3v) is 11.7. The van der Waals surface area contributed by atoms with Gasteiger partial charge >= 0.3 is 0 Å². The van der Waals surface area contributed by atoms with Crippen molar-refractivity contribution >= 4 is 61.7 Å². The molecule has 0 fully saturated rings. The second-order valence-corrected chi connectivity index (χ2v) is 14.4. The summed E-state index contributed by atoms with van der Waals surface area (Å²) in [5.74, 6) is 0. The molecule has 11 rings (SSSR count). The van der Waals surface area contributed by atoms with Gasteiger partial charge < -0.3 is 4.90 Å². The van der Waals surface area contributed by atoms with E-state index in [9.17, 15) is 0 Å². The summed E-state index contributed by atoms with van der Waals surface area (Å²) in [5.41, 5.74) is 15.0. The van der Waals surface area contributed by atoms with E-state index in [4.69, 9.17) is 0 Å². The molecule has 2 heterocycles. The maximum absolute atomic E-state index is 2.47. The summed E-state index contributed by atoms with van der Waals surface area (Å²) in [6, 6.07) is 76.6. The molecule has 53 heavy (non-hydrogen) atoms. The van der Waals surface area contributed by atoms with Crippen LogP contribution in [0.25, 0.3) is 32.7 Å². The normalized spacial score (nSPS) is 13.7. The van der Waals surface area contributed by atoms with Crippen LogP contribution < -0.4 is 21.3 Å². The van der Waals surface area contributed by atoms with E-state index in [0.717, 1.165) is 5.69 Å². The molecule has 0 aliphatic carbocycles. The Hall–Kier alpha value is -6.64. The summed E-state index contributed by atoms with van der Waals surface area (Å²) in [6.07, 6.45) is 0. The molecule has 9 aromatic rings. The van der Waals surface area contributed by atoms with Gasteiger partial charge in [-0.3, -0.25) is 0 Å². The molecule has 0 atom stereocenters. The molecule has 2 aliphatic rings. The molecule has 0 radical (unpaired) electrons. The molecule has 0 amide bonds. The van der Waals surface area contributed by atoms with Crippen LogP contribution >= 0.6 is 0 Å². The van der Waals surface area contributed by atoms with Gasteiger partial charge in [-0.2, -0.15) is 0 Å². The van der Waals surface area contributed by atoms with Crippen molar-refractivity contribution < 1.29 is 0 Å². The van der Waals surface area contributed by atoms with Crippen LogP contribution in [0.3, 0.4) is 0 Å². The molecule has 0 bridgehead atoms. The molecule has 0 N–H and O–H groups in total. The van der Waals surface area contributed by atoms with E-state index < -0.39 is 5.41 Å². The second-order valence-electron chi connectivity index (χ2n) is 14.4. The zero-order chi connectivity index (χ0) is 34.9. The van der Waals surface area contributed by atoms with Gasteiger partial charge in [-0.15, -0.1) is 0 Å². The van der Waals surface area contributed by atoms with E-state index in [-0.39, 0.29) is 6.71 Å². The summed E-state index contributed by atoms with van der Waals surface area (Å²) in [7, 11) is 0. The van der Waals surface area contributed by atoms with Crippen LogP contribution in [0.2, 0.25) is 0 Å². The fourth-order valence-electron chi connectivity index (χ4n) is 9.51. The summed E-state index contributed by atoms with van der Waals surface area (Å²) >= 11 is 0. The Morgan fingerprint density at radius 1 is 0.358 bits per heavy atom. The molecule has 2 heteroatoms. The van der Waals surface area contributed by atoms with E-state index in [1.165, 1.54) is 82.7 Å². The smallest absolute Gasteiger partial charge is 0.242 e. The van der Waals surface area contributed by atoms with Crippen LogP contribution in [0, 0.1) is 0 Å². The van der Waals surface area contributed by atoms with Gasteiger partial charge in [0.25, 0.3) is 0 Å². The van der Waals surface area contributed by atoms with Gasteiger partial charge in [0.1, 0.15) is 0 Å². The van der Waals surface area contributed by atoms with Gasteiger partial charge in [-0.05, 0) is 85.3 Å². The summed E-state index contributed by atoms with van der Waals surface area (Å²) in [5, 5.41) is 5.06. The summed E-state index contributed by atoms with van der Waals surface area (Å²) < 4.78 is 0. The predicted octanol–water partition coefficient (Wildman–Crippen LogP) is 10.7. The number of nitrogens with zero attached hydrogens (tertiary/aromatic N) is 1. The third kappa shape index (κ3) is 4.39. The Balaban J connectivity index is 1.07.